The van der Waals surface area contributed by atoms with Crippen molar-refractivity contribution in [3.8, 4) is 11.5 Å². The van der Waals surface area contributed by atoms with E-state index in [9.17, 15) is 9.59 Å². The van der Waals surface area contributed by atoms with Crippen molar-refractivity contribution in [1.82, 2.24) is 5.32 Å². The normalized spacial score (nSPS) is 10.1. The predicted molar refractivity (Wildman–Crippen MR) is 102 cm³/mol. The lowest BCUT2D eigenvalue weighted by atomic mass is 10.2. The van der Waals surface area contributed by atoms with Gasteiger partial charge in [-0.1, -0.05) is 25.5 Å². The molecule has 6 heteroatoms. The highest BCUT2D eigenvalue weighted by Crippen LogP contribution is 2.14. The van der Waals surface area contributed by atoms with Gasteiger partial charge in [-0.05, 0) is 48.4 Å². The number of carbonyl (C=O) groups is 2. The van der Waals surface area contributed by atoms with Gasteiger partial charge in [0, 0.05) is 6.54 Å². The van der Waals surface area contributed by atoms with Crippen molar-refractivity contribution in [3.63, 3.8) is 0 Å². The molecule has 0 aliphatic rings. The van der Waals surface area contributed by atoms with E-state index in [-0.39, 0.29) is 12.5 Å². The highest BCUT2D eigenvalue weighted by molar-refractivity contribution is 5.91. The Morgan fingerprint density at radius 1 is 0.963 bits per heavy atom. The van der Waals surface area contributed by atoms with Crippen LogP contribution in [0.3, 0.4) is 0 Å². The summed E-state index contributed by atoms with van der Waals surface area (Å²) in [6.07, 6.45) is 2.04. The van der Waals surface area contributed by atoms with Crippen molar-refractivity contribution in [2.75, 3.05) is 20.3 Å². The van der Waals surface area contributed by atoms with E-state index in [0.29, 0.717) is 24.5 Å². The summed E-state index contributed by atoms with van der Waals surface area (Å²) in [5, 5.41) is 2.70. The van der Waals surface area contributed by atoms with Crippen molar-refractivity contribution in [2.24, 2.45) is 0 Å². The molecule has 0 aromatic heterocycles. The van der Waals surface area contributed by atoms with Crippen molar-refractivity contribution in [2.45, 2.75) is 26.3 Å². The number of nitrogens with one attached hydrogen (secondary N) is 1. The third-order valence-electron chi connectivity index (χ3n) is 3.84. The first-order valence-electron chi connectivity index (χ1n) is 8.92. The van der Waals surface area contributed by atoms with Gasteiger partial charge in [0.1, 0.15) is 11.5 Å². The van der Waals surface area contributed by atoms with Gasteiger partial charge in [0.15, 0.2) is 6.61 Å². The molecule has 2 rings (SSSR count). The second-order valence-electron chi connectivity index (χ2n) is 5.93. The van der Waals surface area contributed by atoms with Gasteiger partial charge < -0.3 is 19.5 Å². The SMILES string of the molecule is CCCCOc1ccc(C(=O)OCC(=O)NCc2ccc(OC)cc2)cc1. The minimum Gasteiger partial charge on any atom is -0.497 e. The Labute approximate surface area is 159 Å². The van der Waals surface area contributed by atoms with Crippen LogP contribution in [0.2, 0.25) is 0 Å². The Balaban J connectivity index is 1.72. The molecule has 2 aromatic rings. The van der Waals surface area contributed by atoms with Crippen molar-refractivity contribution >= 4 is 11.9 Å². The number of hydrogen-bond acceptors (Lipinski definition) is 5. The van der Waals surface area contributed by atoms with Crippen LogP contribution in [-0.4, -0.2) is 32.2 Å². The van der Waals surface area contributed by atoms with Crippen LogP contribution in [0.1, 0.15) is 35.7 Å². The highest BCUT2D eigenvalue weighted by atomic mass is 16.5. The first kappa shape index (κ1) is 20.3. The molecule has 0 fully saturated rings. The summed E-state index contributed by atoms with van der Waals surface area (Å²) in [6, 6.07) is 14.0. The van der Waals surface area contributed by atoms with Gasteiger partial charge in [-0.2, -0.15) is 0 Å². The van der Waals surface area contributed by atoms with Crippen LogP contribution in [0.25, 0.3) is 0 Å². The fourth-order valence-corrected chi connectivity index (χ4v) is 2.23. The molecule has 0 aliphatic heterocycles. The van der Waals surface area contributed by atoms with Gasteiger partial charge in [0.2, 0.25) is 0 Å². The number of esters is 1. The molecule has 0 spiro atoms. The summed E-state index contributed by atoms with van der Waals surface area (Å²) in [5.41, 5.74) is 1.30. The Bertz CT molecular complexity index is 725. The molecule has 0 saturated heterocycles. The van der Waals surface area contributed by atoms with E-state index in [1.807, 2.05) is 24.3 Å². The molecule has 0 atom stereocenters. The molecule has 0 unspecified atom stereocenters. The number of hydrogen-bond donors (Lipinski definition) is 1. The monoisotopic (exact) mass is 371 g/mol. The lowest BCUT2D eigenvalue weighted by Gasteiger charge is -2.08. The molecule has 0 radical (unpaired) electrons. The molecular formula is C21H25NO5. The maximum atomic E-state index is 12.0. The van der Waals surface area contributed by atoms with E-state index in [0.717, 1.165) is 24.2 Å². The molecule has 1 N–H and O–H groups in total. The Hall–Kier alpha value is -3.02. The van der Waals surface area contributed by atoms with Crippen LogP contribution < -0.4 is 14.8 Å². The standard InChI is InChI=1S/C21H25NO5/c1-3-4-13-26-19-11-7-17(8-12-19)21(24)27-15-20(23)22-14-16-5-9-18(25-2)10-6-16/h5-12H,3-4,13-15H2,1-2H3,(H,22,23). The van der Waals surface area contributed by atoms with Crippen LogP contribution >= 0.6 is 0 Å². The average Bonchev–Trinajstić information content (AvgIpc) is 2.71. The van der Waals surface area contributed by atoms with E-state index in [1.165, 1.54) is 0 Å². The Morgan fingerprint density at radius 3 is 2.26 bits per heavy atom. The number of unbranched alkanes of at least 4 members (excludes halogenated alkanes) is 1. The summed E-state index contributed by atoms with van der Waals surface area (Å²) >= 11 is 0. The van der Waals surface area contributed by atoms with Gasteiger partial charge in [-0.3, -0.25) is 4.79 Å². The van der Waals surface area contributed by atoms with Gasteiger partial charge in [0.05, 0.1) is 19.3 Å². The zero-order chi connectivity index (χ0) is 19.5. The first-order chi connectivity index (χ1) is 13.1. The molecular weight excluding hydrogens is 346 g/mol. The summed E-state index contributed by atoms with van der Waals surface area (Å²) in [6.45, 7) is 2.76. The molecule has 6 nitrogen and oxygen atoms in total. The molecule has 2 aromatic carbocycles. The number of methoxy groups -OCH3 is 1. The Morgan fingerprint density at radius 2 is 1.63 bits per heavy atom. The minimum atomic E-state index is -0.547. The topological polar surface area (TPSA) is 73.9 Å². The summed E-state index contributed by atoms with van der Waals surface area (Å²) in [4.78, 5) is 23.9. The lowest BCUT2D eigenvalue weighted by Crippen LogP contribution is -2.28. The van der Waals surface area contributed by atoms with Crippen molar-refractivity contribution in [3.05, 3.63) is 59.7 Å². The van der Waals surface area contributed by atoms with Crippen LogP contribution in [0.4, 0.5) is 0 Å². The average molecular weight is 371 g/mol. The number of benzene rings is 2. The summed E-state index contributed by atoms with van der Waals surface area (Å²) in [7, 11) is 1.60. The van der Waals surface area contributed by atoms with Crippen molar-refractivity contribution < 1.29 is 23.8 Å². The van der Waals surface area contributed by atoms with E-state index >= 15 is 0 Å². The lowest BCUT2D eigenvalue weighted by molar-refractivity contribution is -0.124. The third kappa shape index (κ3) is 7.01. The van der Waals surface area contributed by atoms with Crippen LogP contribution in [0.15, 0.2) is 48.5 Å². The number of ether oxygens (including phenoxy) is 3. The highest BCUT2D eigenvalue weighted by Gasteiger charge is 2.10. The smallest absolute Gasteiger partial charge is 0.338 e. The predicted octanol–water partition coefficient (Wildman–Crippen LogP) is 3.35. The molecule has 27 heavy (non-hydrogen) atoms. The fourth-order valence-electron chi connectivity index (χ4n) is 2.23. The van der Waals surface area contributed by atoms with Crippen LogP contribution in [0.5, 0.6) is 11.5 Å². The fraction of sp³-hybridized carbons (Fsp3) is 0.333. The Kier molecular flexibility index (Phi) is 8.16. The molecule has 0 aliphatic carbocycles. The van der Waals surface area contributed by atoms with E-state index in [4.69, 9.17) is 14.2 Å². The summed E-state index contributed by atoms with van der Waals surface area (Å²) in [5.74, 6) is 0.548. The molecule has 0 bridgehead atoms. The zero-order valence-corrected chi connectivity index (χ0v) is 15.7. The number of rotatable bonds is 10. The third-order valence-corrected chi connectivity index (χ3v) is 3.84. The number of amides is 1. The zero-order valence-electron chi connectivity index (χ0n) is 15.7. The maximum absolute atomic E-state index is 12.0. The first-order valence-corrected chi connectivity index (χ1v) is 8.92. The molecule has 0 heterocycles. The van der Waals surface area contributed by atoms with Gasteiger partial charge >= 0.3 is 5.97 Å². The van der Waals surface area contributed by atoms with Crippen LogP contribution in [0, 0.1) is 0 Å². The van der Waals surface area contributed by atoms with E-state index < -0.39 is 5.97 Å². The van der Waals surface area contributed by atoms with Gasteiger partial charge in [-0.15, -0.1) is 0 Å². The second-order valence-corrected chi connectivity index (χ2v) is 5.93. The minimum absolute atomic E-state index is 0.330. The molecule has 144 valence electrons. The largest absolute Gasteiger partial charge is 0.497 e. The van der Waals surface area contributed by atoms with Gasteiger partial charge in [-0.25, -0.2) is 4.79 Å². The molecule has 0 saturated carbocycles. The maximum Gasteiger partial charge on any atom is 0.338 e. The van der Waals surface area contributed by atoms with Gasteiger partial charge in [0.25, 0.3) is 5.91 Å². The van der Waals surface area contributed by atoms with Crippen molar-refractivity contribution in [1.29, 1.82) is 0 Å². The van der Waals surface area contributed by atoms with E-state index in [1.54, 1.807) is 31.4 Å². The number of carbonyl (C=O) groups excluding carboxylic acids is 2. The molecule has 1 amide bonds. The summed E-state index contributed by atoms with van der Waals surface area (Å²) < 4.78 is 15.7. The van der Waals surface area contributed by atoms with E-state index in [2.05, 4.69) is 12.2 Å². The van der Waals surface area contributed by atoms with Crippen LogP contribution in [-0.2, 0) is 16.1 Å². The quantitative estimate of drug-likeness (QED) is 0.512. The second kappa shape index (κ2) is 10.9.